The van der Waals surface area contributed by atoms with Crippen LogP contribution in [0, 0.1) is 5.92 Å². The van der Waals surface area contributed by atoms with Crippen LogP contribution in [0.4, 0.5) is 0 Å². The molecule has 1 saturated heterocycles. The van der Waals surface area contributed by atoms with Gasteiger partial charge in [-0.3, -0.25) is 0 Å². The summed E-state index contributed by atoms with van der Waals surface area (Å²) in [7, 11) is 2.22. The Morgan fingerprint density at radius 2 is 1.89 bits per heavy atom. The van der Waals surface area contributed by atoms with Gasteiger partial charge in [-0.2, -0.15) is 0 Å². The molecule has 0 aromatic heterocycles. The fourth-order valence-electron chi connectivity index (χ4n) is 2.86. The van der Waals surface area contributed by atoms with Crippen molar-refractivity contribution in [2.75, 3.05) is 20.1 Å². The van der Waals surface area contributed by atoms with Gasteiger partial charge in [0.15, 0.2) is 0 Å². The highest BCUT2D eigenvalue weighted by molar-refractivity contribution is 5.22. The van der Waals surface area contributed by atoms with E-state index in [1.807, 2.05) is 0 Å². The minimum atomic E-state index is 0.661. The quantitative estimate of drug-likeness (QED) is 0.875. The molecule has 0 bridgehead atoms. The summed E-state index contributed by atoms with van der Waals surface area (Å²) < 4.78 is 0. The molecule has 0 saturated carbocycles. The zero-order chi connectivity index (χ0) is 13.7. The topological polar surface area (TPSA) is 15.3 Å². The second-order valence-corrected chi connectivity index (χ2v) is 6.40. The highest BCUT2D eigenvalue weighted by Crippen LogP contribution is 2.11. The second-order valence-electron chi connectivity index (χ2n) is 6.40. The lowest BCUT2D eigenvalue weighted by atomic mass is 10.0. The van der Waals surface area contributed by atoms with Gasteiger partial charge >= 0.3 is 0 Å². The zero-order valence-electron chi connectivity index (χ0n) is 12.7. The van der Waals surface area contributed by atoms with Gasteiger partial charge in [0.2, 0.25) is 0 Å². The summed E-state index contributed by atoms with van der Waals surface area (Å²) in [4.78, 5) is 2.42. The maximum atomic E-state index is 3.69. The van der Waals surface area contributed by atoms with Crippen LogP contribution >= 0.6 is 0 Å². The SMILES string of the molecule is CC(C)Cc1ccc(CNC2CCCN(C)C2)cc1. The van der Waals surface area contributed by atoms with Crippen molar-refractivity contribution in [1.82, 2.24) is 10.2 Å². The van der Waals surface area contributed by atoms with Crippen LogP contribution in [-0.4, -0.2) is 31.1 Å². The number of piperidine rings is 1. The standard InChI is InChI=1S/C17H28N2/c1-14(2)11-15-6-8-16(9-7-15)12-18-17-5-4-10-19(3)13-17/h6-9,14,17-18H,4-5,10-13H2,1-3H3. The van der Waals surface area contributed by atoms with Crippen molar-refractivity contribution in [3.63, 3.8) is 0 Å². The molecule has 1 N–H and O–H groups in total. The van der Waals surface area contributed by atoms with Crippen LogP contribution in [0.2, 0.25) is 0 Å². The molecule has 1 unspecified atom stereocenters. The molecule has 106 valence electrons. The molecule has 1 aliphatic rings. The molecular weight excluding hydrogens is 232 g/mol. The number of hydrogen-bond acceptors (Lipinski definition) is 2. The number of rotatable bonds is 5. The van der Waals surface area contributed by atoms with Gasteiger partial charge in [-0.05, 0) is 49.9 Å². The lowest BCUT2D eigenvalue weighted by molar-refractivity contribution is 0.226. The summed E-state index contributed by atoms with van der Waals surface area (Å²) in [6.45, 7) is 7.98. The van der Waals surface area contributed by atoms with Crippen molar-refractivity contribution < 1.29 is 0 Å². The van der Waals surface area contributed by atoms with E-state index in [0.29, 0.717) is 6.04 Å². The summed E-state index contributed by atoms with van der Waals surface area (Å²) in [5.74, 6) is 0.738. The first-order valence-corrected chi connectivity index (χ1v) is 7.63. The highest BCUT2D eigenvalue weighted by atomic mass is 15.1. The normalized spacial score (nSPS) is 20.9. The summed E-state index contributed by atoms with van der Waals surface area (Å²) in [6.07, 6.45) is 3.82. The zero-order valence-corrected chi connectivity index (χ0v) is 12.7. The second kappa shape index (κ2) is 7.06. The van der Waals surface area contributed by atoms with Crippen molar-refractivity contribution in [2.45, 2.75) is 45.7 Å². The van der Waals surface area contributed by atoms with Gasteiger partial charge in [-0.15, -0.1) is 0 Å². The minimum Gasteiger partial charge on any atom is -0.309 e. The Morgan fingerprint density at radius 1 is 1.21 bits per heavy atom. The van der Waals surface area contributed by atoms with Crippen molar-refractivity contribution in [1.29, 1.82) is 0 Å². The van der Waals surface area contributed by atoms with E-state index in [9.17, 15) is 0 Å². The third kappa shape index (κ3) is 4.96. The van der Waals surface area contributed by atoms with Crippen molar-refractivity contribution in [3.05, 3.63) is 35.4 Å². The Kier molecular flexibility index (Phi) is 5.41. The molecule has 0 spiro atoms. The fourth-order valence-corrected chi connectivity index (χ4v) is 2.86. The highest BCUT2D eigenvalue weighted by Gasteiger charge is 2.15. The molecule has 1 heterocycles. The predicted molar refractivity (Wildman–Crippen MR) is 82.3 cm³/mol. The molecule has 2 nitrogen and oxygen atoms in total. The van der Waals surface area contributed by atoms with E-state index in [4.69, 9.17) is 0 Å². The van der Waals surface area contributed by atoms with Crippen molar-refractivity contribution in [3.8, 4) is 0 Å². The monoisotopic (exact) mass is 260 g/mol. The minimum absolute atomic E-state index is 0.661. The van der Waals surface area contributed by atoms with E-state index in [-0.39, 0.29) is 0 Å². The number of hydrogen-bond donors (Lipinski definition) is 1. The van der Waals surface area contributed by atoms with E-state index in [1.54, 1.807) is 0 Å². The molecule has 1 atom stereocenters. The summed E-state index contributed by atoms with van der Waals surface area (Å²) >= 11 is 0. The number of likely N-dealkylation sites (tertiary alicyclic amines) is 1. The van der Waals surface area contributed by atoms with Crippen molar-refractivity contribution >= 4 is 0 Å². The average Bonchev–Trinajstić information content (AvgIpc) is 2.37. The van der Waals surface area contributed by atoms with Gasteiger partial charge in [0.05, 0.1) is 0 Å². The van der Waals surface area contributed by atoms with E-state index < -0.39 is 0 Å². The summed E-state index contributed by atoms with van der Waals surface area (Å²) in [6, 6.07) is 9.77. The smallest absolute Gasteiger partial charge is 0.0208 e. The first kappa shape index (κ1) is 14.5. The van der Waals surface area contributed by atoms with Gasteiger partial charge in [-0.25, -0.2) is 0 Å². The van der Waals surface area contributed by atoms with Crippen LogP contribution in [0.1, 0.15) is 37.8 Å². The molecule has 2 rings (SSSR count). The summed E-state index contributed by atoms with van der Waals surface area (Å²) in [5, 5.41) is 3.69. The molecule has 1 aromatic carbocycles. The largest absolute Gasteiger partial charge is 0.309 e. The van der Waals surface area contributed by atoms with E-state index >= 15 is 0 Å². The van der Waals surface area contributed by atoms with Crippen LogP contribution in [0.15, 0.2) is 24.3 Å². The molecule has 1 aromatic rings. The molecule has 1 fully saturated rings. The lowest BCUT2D eigenvalue weighted by Crippen LogP contribution is -2.43. The van der Waals surface area contributed by atoms with Crippen molar-refractivity contribution in [2.24, 2.45) is 5.92 Å². The van der Waals surface area contributed by atoms with Gasteiger partial charge in [0, 0.05) is 19.1 Å². The van der Waals surface area contributed by atoms with E-state index in [2.05, 4.69) is 55.4 Å². The third-order valence-corrected chi connectivity index (χ3v) is 3.89. The van der Waals surface area contributed by atoms with Crippen LogP contribution in [-0.2, 0) is 13.0 Å². The van der Waals surface area contributed by atoms with Gasteiger partial charge in [0.25, 0.3) is 0 Å². The Bertz CT molecular complexity index is 369. The number of benzene rings is 1. The average molecular weight is 260 g/mol. The van der Waals surface area contributed by atoms with Gasteiger partial charge in [-0.1, -0.05) is 38.1 Å². The predicted octanol–water partition coefficient (Wildman–Crippen LogP) is 3.07. The molecule has 2 heteroatoms. The lowest BCUT2D eigenvalue weighted by Gasteiger charge is -2.30. The Morgan fingerprint density at radius 3 is 2.53 bits per heavy atom. The van der Waals surface area contributed by atoms with E-state index in [1.165, 1.54) is 43.5 Å². The maximum absolute atomic E-state index is 3.69. The number of nitrogens with one attached hydrogen (secondary N) is 1. The molecule has 19 heavy (non-hydrogen) atoms. The van der Waals surface area contributed by atoms with Crippen LogP contribution < -0.4 is 5.32 Å². The van der Waals surface area contributed by atoms with Crippen LogP contribution in [0.3, 0.4) is 0 Å². The van der Waals surface area contributed by atoms with Gasteiger partial charge in [0.1, 0.15) is 0 Å². The van der Waals surface area contributed by atoms with Gasteiger partial charge < -0.3 is 10.2 Å². The summed E-state index contributed by atoms with van der Waals surface area (Å²) in [5.41, 5.74) is 2.86. The molecule has 0 aliphatic carbocycles. The molecule has 0 radical (unpaired) electrons. The Hall–Kier alpha value is -0.860. The van der Waals surface area contributed by atoms with E-state index in [0.717, 1.165) is 12.5 Å². The van der Waals surface area contributed by atoms with Crippen LogP contribution in [0.25, 0.3) is 0 Å². The maximum Gasteiger partial charge on any atom is 0.0208 e. The molecular formula is C17H28N2. The molecule has 0 amide bonds. The third-order valence-electron chi connectivity index (χ3n) is 3.89. The number of likely N-dealkylation sites (N-methyl/N-ethyl adjacent to an activating group) is 1. The Labute approximate surface area is 118 Å². The first-order chi connectivity index (χ1) is 9.13. The first-order valence-electron chi connectivity index (χ1n) is 7.63. The molecule has 1 aliphatic heterocycles. The fraction of sp³-hybridized carbons (Fsp3) is 0.647. The van der Waals surface area contributed by atoms with Crippen LogP contribution in [0.5, 0.6) is 0 Å². The Balaban J connectivity index is 1.79. The number of nitrogens with zero attached hydrogens (tertiary/aromatic N) is 1.